The number of anilines is 1. The predicted molar refractivity (Wildman–Crippen MR) is 77.2 cm³/mol. The molecule has 1 aliphatic heterocycles. The molecule has 1 aromatic carbocycles. The summed E-state index contributed by atoms with van der Waals surface area (Å²) in [7, 11) is -0.559. The second kappa shape index (κ2) is 5.29. The molecule has 0 aromatic heterocycles. The van der Waals surface area contributed by atoms with Gasteiger partial charge in [0, 0.05) is 0 Å². The highest BCUT2D eigenvalue weighted by Crippen LogP contribution is 2.36. The van der Waals surface area contributed by atoms with Gasteiger partial charge in [-0.3, -0.25) is 5.84 Å². The van der Waals surface area contributed by atoms with Gasteiger partial charge in [0.25, 0.3) is 0 Å². The Morgan fingerprint density at radius 2 is 1.68 bits per heavy atom. The number of nitrogen functional groups attached to an aromatic ring is 1. The van der Waals surface area contributed by atoms with Crippen LogP contribution in [0.2, 0.25) is 0 Å². The maximum Gasteiger partial charge on any atom is 0.494 e. The normalized spacial score (nSPS) is 20.0. The maximum absolute atomic E-state index is 13.6. The summed E-state index contributed by atoms with van der Waals surface area (Å²) in [6.45, 7) is 7.83. The molecule has 1 aromatic rings. The highest BCUT2D eigenvalue weighted by atomic mass is 35.5. The zero-order valence-electron chi connectivity index (χ0n) is 11.5. The van der Waals surface area contributed by atoms with Gasteiger partial charge >= 0.3 is 7.12 Å². The van der Waals surface area contributed by atoms with E-state index in [1.54, 1.807) is 12.1 Å². The Hall–Kier alpha value is -0.815. The summed E-state index contributed by atoms with van der Waals surface area (Å²) in [5.41, 5.74) is 2.31. The molecule has 0 bridgehead atoms. The monoisotopic (exact) mass is 288 g/mol. The Morgan fingerprint density at radius 1 is 1.16 bits per heavy atom. The Bertz CT molecular complexity index is 455. The average molecular weight is 289 g/mol. The molecular weight excluding hydrogens is 269 g/mol. The van der Waals surface area contributed by atoms with Crippen molar-refractivity contribution in [3.8, 4) is 0 Å². The molecule has 0 amide bonds. The van der Waals surface area contributed by atoms with E-state index in [2.05, 4.69) is 5.43 Å². The number of hydrazine groups is 1. The van der Waals surface area contributed by atoms with Crippen molar-refractivity contribution in [3.05, 3.63) is 24.0 Å². The summed E-state index contributed by atoms with van der Waals surface area (Å²) < 4.78 is 25.3. The van der Waals surface area contributed by atoms with E-state index >= 15 is 0 Å². The first-order valence-corrected chi connectivity index (χ1v) is 5.88. The second-order valence-electron chi connectivity index (χ2n) is 5.47. The average Bonchev–Trinajstić information content (AvgIpc) is 2.48. The highest BCUT2D eigenvalue weighted by molar-refractivity contribution is 6.62. The first kappa shape index (κ1) is 16.2. The van der Waals surface area contributed by atoms with Crippen LogP contribution in [0.3, 0.4) is 0 Å². The summed E-state index contributed by atoms with van der Waals surface area (Å²) in [4.78, 5) is 0. The van der Waals surface area contributed by atoms with Crippen LogP contribution in [0.5, 0.6) is 0 Å². The minimum atomic E-state index is -0.559. The standard InChI is InChI=1S/C12H18BFN2O2.ClH/c1-11(2)12(3,4)18-13(17-11)8-5-6-10(16-15)9(14)7-8;/h5-7,16H,15H2,1-4H3;1H. The molecule has 0 saturated carbocycles. The quantitative estimate of drug-likeness (QED) is 0.495. The fourth-order valence-corrected chi connectivity index (χ4v) is 1.77. The van der Waals surface area contributed by atoms with E-state index in [9.17, 15) is 4.39 Å². The number of rotatable bonds is 2. The molecule has 7 heteroatoms. The molecule has 19 heavy (non-hydrogen) atoms. The van der Waals surface area contributed by atoms with Crippen LogP contribution >= 0.6 is 12.4 Å². The number of hydrogen-bond donors (Lipinski definition) is 2. The fraction of sp³-hybridized carbons (Fsp3) is 0.500. The van der Waals surface area contributed by atoms with Gasteiger partial charge < -0.3 is 14.7 Å². The van der Waals surface area contributed by atoms with Crippen molar-refractivity contribution in [2.24, 2.45) is 5.84 Å². The lowest BCUT2D eigenvalue weighted by molar-refractivity contribution is 0.00578. The summed E-state index contributed by atoms with van der Waals surface area (Å²) >= 11 is 0. The lowest BCUT2D eigenvalue weighted by Crippen LogP contribution is -2.41. The van der Waals surface area contributed by atoms with E-state index in [0.717, 1.165) is 0 Å². The molecule has 0 atom stereocenters. The van der Waals surface area contributed by atoms with Crippen molar-refractivity contribution in [3.63, 3.8) is 0 Å². The molecule has 1 fully saturated rings. The van der Waals surface area contributed by atoms with Crippen LogP contribution in [0.4, 0.5) is 10.1 Å². The molecule has 1 heterocycles. The largest absolute Gasteiger partial charge is 0.494 e. The van der Waals surface area contributed by atoms with Crippen molar-refractivity contribution < 1.29 is 13.7 Å². The number of benzene rings is 1. The summed E-state index contributed by atoms with van der Waals surface area (Å²) in [5.74, 6) is 4.76. The minimum Gasteiger partial charge on any atom is -0.399 e. The Balaban J connectivity index is 0.00000180. The molecule has 4 nitrogen and oxygen atoms in total. The smallest absolute Gasteiger partial charge is 0.399 e. The van der Waals surface area contributed by atoms with Crippen LogP contribution in [-0.4, -0.2) is 18.3 Å². The van der Waals surface area contributed by atoms with Gasteiger partial charge in [0.2, 0.25) is 0 Å². The minimum absolute atomic E-state index is 0. The molecule has 0 aliphatic carbocycles. The molecular formula is C12H19BClFN2O2. The lowest BCUT2D eigenvalue weighted by atomic mass is 9.79. The molecule has 1 saturated heterocycles. The summed E-state index contributed by atoms with van der Waals surface area (Å²) in [6.07, 6.45) is 0. The van der Waals surface area contributed by atoms with Gasteiger partial charge in [-0.15, -0.1) is 12.4 Å². The SMILES string of the molecule is CC1(C)OB(c2ccc(NN)c(F)c2)OC1(C)C.Cl. The topological polar surface area (TPSA) is 56.5 Å². The Labute approximate surface area is 119 Å². The van der Waals surface area contributed by atoms with Crippen LogP contribution in [0.25, 0.3) is 0 Å². The van der Waals surface area contributed by atoms with Crippen molar-refractivity contribution in [1.29, 1.82) is 0 Å². The number of hydrogen-bond acceptors (Lipinski definition) is 4. The van der Waals surface area contributed by atoms with E-state index in [1.807, 2.05) is 27.7 Å². The van der Waals surface area contributed by atoms with Crippen molar-refractivity contribution >= 4 is 30.7 Å². The van der Waals surface area contributed by atoms with Crippen LogP contribution in [0.15, 0.2) is 18.2 Å². The molecule has 0 unspecified atom stereocenters. The van der Waals surface area contributed by atoms with Crippen molar-refractivity contribution in [1.82, 2.24) is 0 Å². The molecule has 2 rings (SSSR count). The number of halogens is 2. The number of nitrogens with one attached hydrogen (secondary N) is 1. The van der Waals surface area contributed by atoms with Gasteiger partial charge in [0.1, 0.15) is 5.82 Å². The van der Waals surface area contributed by atoms with E-state index in [0.29, 0.717) is 5.46 Å². The van der Waals surface area contributed by atoms with E-state index in [1.165, 1.54) is 6.07 Å². The predicted octanol–water partition coefficient (Wildman–Crippen LogP) is 1.83. The van der Waals surface area contributed by atoms with E-state index in [-0.39, 0.29) is 18.1 Å². The van der Waals surface area contributed by atoms with E-state index in [4.69, 9.17) is 15.2 Å². The number of nitrogens with two attached hydrogens (primary N) is 1. The van der Waals surface area contributed by atoms with Gasteiger partial charge in [-0.2, -0.15) is 0 Å². The van der Waals surface area contributed by atoms with Gasteiger partial charge in [-0.25, -0.2) is 4.39 Å². The fourth-order valence-electron chi connectivity index (χ4n) is 1.77. The molecule has 0 radical (unpaired) electrons. The van der Waals surface area contributed by atoms with Gasteiger partial charge in [-0.05, 0) is 45.3 Å². The van der Waals surface area contributed by atoms with Crippen molar-refractivity contribution in [2.75, 3.05) is 5.43 Å². The molecule has 1 aliphatic rings. The first-order valence-electron chi connectivity index (χ1n) is 5.88. The van der Waals surface area contributed by atoms with Crippen molar-refractivity contribution in [2.45, 2.75) is 38.9 Å². The third-order valence-electron chi connectivity index (χ3n) is 3.67. The Morgan fingerprint density at radius 3 is 2.11 bits per heavy atom. The van der Waals surface area contributed by atoms with Gasteiger partial charge in [-0.1, -0.05) is 6.07 Å². The van der Waals surface area contributed by atoms with Crippen LogP contribution in [0.1, 0.15) is 27.7 Å². The zero-order valence-corrected chi connectivity index (χ0v) is 12.3. The molecule has 0 spiro atoms. The summed E-state index contributed by atoms with van der Waals surface area (Å²) in [6, 6.07) is 4.67. The third kappa shape index (κ3) is 2.87. The highest BCUT2D eigenvalue weighted by Gasteiger charge is 2.51. The zero-order chi connectivity index (χ0) is 13.6. The molecule has 3 N–H and O–H groups in total. The summed E-state index contributed by atoms with van der Waals surface area (Å²) in [5, 5.41) is 0. The van der Waals surface area contributed by atoms with Crippen LogP contribution in [0, 0.1) is 5.82 Å². The lowest BCUT2D eigenvalue weighted by Gasteiger charge is -2.32. The van der Waals surface area contributed by atoms with Crippen LogP contribution in [-0.2, 0) is 9.31 Å². The van der Waals surface area contributed by atoms with Gasteiger partial charge in [0.15, 0.2) is 0 Å². The third-order valence-corrected chi connectivity index (χ3v) is 3.67. The second-order valence-corrected chi connectivity index (χ2v) is 5.47. The van der Waals surface area contributed by atoms with Crippen LogP contribution < -0.4 is 16.7 Å². The Kier molecular flexibility index (Phi) is 4.52. The first-order chi connectivity index (χ1) is 8.27. The maximum atomic E-state index is 13.6. The van der Waals surface area contributed by atoms with E-state index < -0.39 is 24.1 Å². The molecule has 106 valence electrons. The van der Waals surface area contributed by atoms with Gasteiger partial charge in [0.05, 0.1) is 16.9 Å².